The Balaban J connectivity index is 2.25. The maximum absolute atomic E-state index is 13.4. The summed E-state index contributed by atoms with van der Waals surface area (Å²) in [5, 5.41) is 9.72. The molecule has 0 saturated carbocycles. The molecule has 1 aliphatic rings. The first-order chi connectivity index (χ1) is 13.9. The summed E-state index contributed by atoms with van der Waals surface area (Å²) in [5.41, 5.74) is 7.06. The van der Waals surface area contributed by atoms with E-state index in [1.807, 2.05) is 12.1 Å². The minimum Gasteiger partial charge on any atom is -0.457 e. The van der Waals surface area contributed by atoms with Crippen molar-refractivity contribution < 1.29 is 19.1 Å². The normalized spacial score (nSPS) is 16.3. The molecular weight excluding hydrogens is 368 g/mol. The van der Waals surface area contributed by atoms with Crippen LogP contribution in [0.1, 0.15) is 35.7 Å². The Bertz CT molecular complexity index is 1030. The van der Waals surface area contributed by atoms with Crippen LogP contribution in [-0.2, 0) is 14.3 Å². The Morgan fingerprint density at radius 3 is 2.21 bits per heavy atom. The van der Waals surface area contributed by atoms with Gasteiger partial charge in [-0.2, -0.15) is 5.26 Å². The van der Waals surface area contributed by atoms with Crippen molar-refractivity contribution in [2.24, 2.45) is 5.73 Å². The van der Waals surface area contributed by atoms with Gasteiger partial charge in [0, 0.05) is 5.56 Å². The van der Waals surface area contributed by atoms with Crippen LogP contribution in [0.5, 0.6) is 0 Å². The van der Waals surface area contributed by atoms with Gasteiger partial charge in [0.25, 0.3) is 0 Å². The molecule has 0 amide bonds. The summed E-state index contributed by atoms with van der Waals surface area (Å²) < 4.78 is 10.8. The maximum Gasteiger partial charge on any atom is 0.375 e. The number of ketones is 1. The van der Waals surface area contributed by atoms with Gasteiger partial charge < -0.3 is 15.2 Å². The topological polar surface area (TPSA) is 102 Å². The van der Waals surface area contributed by atoms with Crippen molar-refractivity contribution in [2.75, 3.05) is 0 Å². The molecule has 0 aromatic heterocycles. The number of benzene rings is 2. The van der Waals surface area contributed by atoms with E-state index in [1.54, 1.807) is 68.4 Å². The lowest BCUT2D eigenvalue weighted by atomic mass is 9.79. The molecule has 3 rings (SSSR count). The monoisotopic (exact) mass is 388 g/mol. The van der Waals surface area contributed by atoms with Crippen molar-refractivity contribution in [3.63, 3.8) is 0 Å². The molecular formula is C23H20N2O4. The first-order valence-corrected chi connectivity index (χ1v) is 9.11. The van der Waals surface area contributed by atoms with Gasteiger partial charge in [-0.15, -0.1) is 0 Å². The highest BCUT2D eigenvalue weighted by Crippen LogP contribution is 2.40. The fraction of sp³-hybridized carbons (Fsp3) is 0.174. The summed E-state index contributed by atoms with van der Waals surface area (Å²) in [6.07, 6.45) is -0.426. The Morgan fingerprint density at radius 1 is 1.07 bits per heavy atom. The summed E-state index contributed by atoms with van der Waals surface area (Å²) in [4.78, 5) is 26.2. The average Bonchev–Trinajstić information content (AvgIpc) is 2.73. The second-order valence-electron chi connectivity index (χ2n) is 6.73. The highest BCUT2D eigenvalue weighted by atomic mass is 16.6. The number of nitriles is 1. The number of esters is 1. The molecule has 1 aliphatic heterocycles. The molecule has 2 N–H and O–H groups in total. The minimum absolute atomic E-state index is 0.0267. The summed E-state index contributed by atoms with van der Waals surface area (Å²) in [6.45, 7) is 3.38. The van der Waals surface area contributed by atoms with E-state index in [0.717, 1.165) is 0 Å². The van der Waals surface area contributed by atoms with Crippen LogP contribution in [0.2, 0.25) is 0 Å². The van der Waals surface area contributed by atoms with Gasteiger partial charge in [0.2, 0.25) is 11.6 Å². The number of carbonyl (C=O) groups is 2. The van der Waals surface area contributed by atoms with Crippen molar-refractivity contribution in [2.45, 2.75) is 25.9 Å². The highest BCUT2D eigenvalue weighted by Gasteiger charge is 2.40. The van der Waals surface area contributed by atoms with E-state index >= 15 is 0 Å². The van der Waals surface area contributed by atoms with Gasteiger partial charge >= 0.3 is 5.97 Å². The van der Waals surface area contributed by atoms with Crippen LogP contribution in [0.4, 0.5) is 0 Å². The molecule has 1 heterocycles. The SMILES string of the molecule is CC(C)OC(=O)C1=C(C(=O)c2ccccc2)[C@H](c2ccccc2)C(C#N)=C(N)O1. The molecule has 0 radical (unpaired) electrons. The predicted molar refractivity (Wildman–Crippen MR) is 106 cm³/mol. The predicted octanol–water partition coefficient (Wildman–Crippen LogP) is 3.58. The van der Waals surface area contributed by atoms with Crippen LogP contribution in [0.3, 0.4) is 0 Å². The van der Waals surface area contributed by atoms with Crippen LogP contribution in [0.25, 0.3) is 0 Å². The molecule has 0 saturated heterocycles. The molecule has 6 heteroatoms. The summed E-state index contributed by atoms with van der Waals surface area (Å²) in [6, 6.07) is 19.4. The number of hydrogen-bond donors (Lipinski definition) is 1. The lowest BCUT2D eigenvalue weighted by Crippen LogP contribution is -2.29. The van der Waals surface area contributed by atoms with E-state index in [1.165, 1.54) is 0 Å². The van der Waals surface area contributed by atoms with Crippen LogP contribution >= 0.6 is 0 Å². The van der Waals surface area contributed by atoms with Gasteiger partial charge in [0.05, 0.1) is 17.6 Å². The van der Waals surface area contributed by atoms with E-state index in [4.69, 9.17) is 15.2 Å². The third kappa shape index (κ3) is 4.04. The van der Waals surface area contributed by atoms with Crippen LogP contribution < -0.4 is 5.73 Å². The number of hydrogen-bond acceptors (Lipinski definition) is 6. The molecule has 146 valence electrons. The fourth-order valence-corrected chi connectivity index (χ4v) is 3.13. The molecule has 29 heavy (non-hydrogen) atoms. The highest BCUT2D eigenvalue weighted by molar-refractivity contribution is 6.14. The molecule has 6 nitrogen and oxygen atoms in total. The fourth-order valence-electron chi connectivity index (χ4n) is 3.13. The van der Waals surface area contributed by atoms with Crippen LogP contribution in [0, 0.1) is 11.3 Å². The van der Waals surface area contributed by atoms with Gasteiger partial charge in [0.15, 0.2) is 5.78 Å². The third-order valence-electron chi connectivity index (χ3n) is 4.36. The van der Waals surface area contributed by atoms with Gasteiger partial charge in [-0.25, -0.2) is 4.79 Å². The Labute approximate surface area is 168 Å². The lowest BCUT2D eigenvalue weighted by molar-refractivity contribution is -0.146. The molecule has 2 aromatic carbocycles. The van der Waals surface area contributed by atoms with E-state index in [-0.39, 0.29) is 22.8 Å². The Hall–Kier alpha value is -3.85. The Morgan fingerprint density at radius 2 is 1.66 bits per heavy atom. The zero-order valence-corrected chi connectivity index (χ0v) is 16.1. The Kier molecular flexibility index (Phi) is 5.79. The molecule has 0 spiro atoms. The molecule has 1 atom stereocenters. The standard InChI is InChI=1S/C23H20N2O4/c1-14(2)28-23(27)21-19(20(26)16-11-7-4-8-12-16)18(15-9-5-3-6-10-15)17(13-24)22(25)29-21/h3-12,14,18H,25H2,1-2H3/t18-/m1/s1. The quantitative estimate of drug-likeness (QED) is 0.620. The smallest absolute Gasteiger partial charge is 0.375 e. The number of carbonyl (C=O) groups excluding carboxylic acids is 2. The van der Waals surface area contributed by atoms with Crippen molar-refractivity contribution in [1.82, 2.24) is 0 Å². The van der Waals surface area contributed by atoms with E-state index in [2.05, 4.69) is 0 Å². The molecule has 2 aromatic rings. The lowest BCUT2D eigenvalue weighted by Gasteiger charge is -2.28. The average molecular weight is 388 g/mol. The second-order valence-corrected chi connectivity index (χ2v) is 6.73. The first kappa shape index (κ1) is 19.9. The number of allylic oxidation sites excluding steroid dienone is 2. The van der Waals surface area contributed by atoms with Crippen molar-refractivity contribution in [1.29, 1.82) is 5.26 Å². The van der Waals surface area contributed by atoms with Gasteiger partial charge in [0.1, 0.15) is 11.6 Å². The third-order valence-corrected chi connectivity index (χ3v) is 4.36. The van der Waals surface area contributed by atoms with E-state index in [9.17, 15) is 14.9 Å². The van der Waals surface area contributed by atoms with Crippen molar-refractivity contribution >= 4 is 11.8 Å². The zero-order valence-electron chi connectivity index (χ0n) is 16.1. The van der Waals surface area contributed by atoms with Crippen molar-refractivity contribution in [3.05, 3.63) is 94.6 Å². The van der Waals surface area contributed by atoms with Crippen molar-refractivity contribution in [3.8, 4) is 6.07 Å². The number of rotatable bonds is 5. The van der Waals surface area contributed by atoms with E-state index in [0.29, 0.717) is 11.1 Å². The maximum atomic E-state index is 13.4. The minimum atomic E-state index is -0.850. The zero-order chi connectivity index (χ0) is 21.0. The van der Waals surface area contributed by atoms with E-state index < -0.39 is 23.8 Å². The number of Topliss-reactive ketones (excluding diaryl/α,β-unsaturated/α-hetero) is 1. The van der Waals surface area contributed by atoms with Gasteiger partial charge in [-0.1, -0.05) is 60.7 Å². The molecule has 0 bridgehead atoms. The molecule has 0 aliphatic carbocycles. The summed E-state index contributed by atoms with van der Waals surface area (Å²) >= 11 is 0. The van der Waals surface area contributed by atoms with Gasteiger partial charge in [-0.3, -0.25) is 4.79 Å². The summed E-state index contributed by atoms with van der Waals surface area (Å²) in [7, 11) is 0. The van der Waals surface area contributed by atoms with Gasteiger partial charge in [-0.05, 0) is 19.4 Å². The van der Waals surface area contributed by atoms with Crippen LogP contribution in [0.15, 0.2) is 83.5 Å². The largest absolute Gasteiger partial charge is 0.457 e. The molecule has 0 unspecified atom stereocenters. The second kappa shape index (κ2) is 8.44. The number of nitrogens with zero attached hydrogens (tertiary/aromatic N) is 1. The molecule has 0 fully saturated rings. The first-order valence-electron chi connectivity index (χ1n) is 9.11. The summed E-state index contributed by atoms with van der Waals surface area (Å²) in [5.74, 6) is -2.60. The van der Waals surface area contributed by atoms with Crippen LogP contribution in [-0.4, -0.2) is 17.9 Å². The number of nitrogens with two attached hydrogens (primary N) is 1. The number of ether oxygens (including phenoxy) is 2.